The van der Waals surface area contributed by atoms with Crippen molar-refractivity contribution < 1.29 is 29.3 Å². The molecule has 2 aliphatic carbocycles. The highest BCUT2D eigenvalue weighted by molar-refractivity contribution is 9.10. The minimum Gasteiger partial charge on any atom is -0.463 e. The summed E-state index contributed by atoms with van der Waals surface area (Å²) in [6.07, 6.45) is 0.221. The molecular weight excluding hydrogens is 356 g/mol. The minimum atomic E-state index is -2.03. The highest BCUT2D eigenvalue weighted by Crippen LogP contribution is 2.74. The summed E-state index contributed by atoms with van der Waals surface area (Å²) in [7, 11) is 0. The zero-order valence-electron chi connectivity index (χ0n) is 12.5. The van der Waals surface area contributed by atoms with Crippen LogP contribution >= 0.6 is 15.9 Å². The molecule has 2 N–H and O–H groups in total. The van der Waals surface area contributed by atoms with E-state index in [1.807, 2.05) is 6.92 Å². The molecule has 6 nitrogen and oxygen atoms in total. The second kappa shape index (κ2) is 3.87. The smallest absolute Gasteiger partial charge is 0.341 e. The summed E-state index contributed by atoms with van der Waals surface area (Å²) >= 11 is 3.47. The first-order valence-corrected chi connectivity index (χ1v) is 8.53. The van der Waals surface area contributed by atoms with E-state index >= 15 is 0 Å². The van der Waals surface area contributed by atoms with Gasteiger partial charge in [-0.1, -0.05) is 22.9 Å². The molecule has 0 aromatic heterocycles. The maximum Gasteiger partial charge on any atom is 0.341 e. The number of rotatable bonds is 0. The van der Waals surface area contributed by atoms with Crippen LogP contribution in [0.5, 0.6) is 0 Å². The molecule has 0 aromatic carbocycles. The van der Waals surface area contributed by atoms with E-state index in [0.717, 1.165) is 6.42 Å². The Morgan fingerprint density at radius 3 is 2.73 bits per heavy atom. The Morgan fingerprint density at radius 2 is 2.05 bits per heavy atom. The van der Waals surface area contributed by atoms with Crippen LogP contribution in [0.15, 0.2) is 0 Å². The van der Waals surface area contributed by atoms with Crippen LogP contribution in [-0.4, -0.2) is 50.9 Å². The number of aliphatic hydroxyl groups excluding tert-OH is 1. The Balaban J connectivity index is 2.01. The summed E-state index contributed by atoms with van der Waals surface area (Å²) in [6, 6.07) is 0. The van der Waals surface area contributed by atoms with Gasteiger partial charge in [0.25, 0.3) is 0 Å². The highest BCUT2D eigenvalue weighted by atomic mass is 79.9. The maximum atomic E-state index is 12.4. The molecule has 22 heavy (non-hydrogen) atoms. The minimum absolute atomic E-state index is 0.0547. The fraction of sp³-hybridized carbons (Fsp3) is 0.867. The lowest BCUT2D eigenvalue weighted by atomic mass is 9.46. The number of hydrogen-bond acceptors (Lipinski definition) is 6. The van der Waals surface area contributed by atoms with Crippen molar-refractivity contribution in [3.05, 3.63) is 0 Å². The van der Waals surface area contributed by atoms with Gasteiger partial charge in [-0.2, -0.15) is 0 Å². The SMILES string of the molecule is C[C@@H]1CC[C@]23OC(=O)[C@@H](Br)[C@]12C[C@@H](O)[C@@]1(O)C(=O)OC[C@@]31C. The lowest BCUT2D eigenvalue weighted by Crippen LogP contribution is -2.75. The van der Waals surface area contributed by atoms with Crippen LogP contribution in [0.25, 0.3) is 0 Å². The Kier molecular flexibility index (Phi) is 2.62. The molecule has 0 unspecified atom stereocenters. The van der Waals surface area contributed by atoms with Gasteiger partial charge in [-0.05, 0) is 32.1 Å². The van der Waals surface area contributed by atoms with Crippen LogP contribution in [-0.2, 0) is 19.1 Å². The van der Waals surface area contributed by atoms with Gasteiger partial charge in [0.05, 0.1) is 11.5 Å². The fourth-order valence-electron chi connectivity index (χ4n) is 5.77. The van der Waals surface area contributed by atoms with Crippen LogP contribution in [0.2, 0.25) is 0 Å². The number of fused-ring (bicyclic) bond motifs is 1. The quantitative estimate of drug-likeness (QED) is 0.474. The van der Waals surface area contributed by atoms with Gasteiger partial charge in [-0.25, -0.2) is 4.79 Å². The largest absolute Gasteiger partial charge is 0.463 e. The van der Waals surface area contributed by atoms with E-state index in [2.05, 4.69) is 15.9 Å². The van der Waals surface area contributed by atoms with Crippen molar-refractivity contribution in [3.63, 3.8) is 0 Å². The monoisotopic (exact) mass is 374 g/mol. The summed E-state index contributed by atoms with van der Waals surface area (Å²) in [5.41, 5.74) is -4.82. The first kappa shape index (κ1) is 14.9. The average Bonchev–Trinajstić information content (AvgIpc) is 2.98. The van der Waals surface area contributed by atoms with Gasteiger partial charge in [-0.15, -0.1) is 0 Å². The van der Waals surface area contributed by atoms with Gasteiger partial charge in [0.2, 0.25) is 5.60 Å². The number of carbonyl (C=O) groups is 2. The first-order chi connectivity index (χ1) is 10.2. The number of aliphatic hydroxyl groups is 2. The molecule has 4 aliphatic rings. The number of esters is 2. The van der Waals surface area contributed by atoms with Gasteiger partial charge >= 0.3 is 11.9 Å². The molecule has 0 aromatic rings. The molecule has 2 saturated heterocycles. The Hall–Kier alpha value is -0.660. The first-order valence-electron chi connectivity index (χ1n) is 7.62. The lowest BCUT2D eigenvalue weighted by molar-refractivity contribution is -0.262. The van der Waals surface area contributed by atoms with E-state index < -0.39 is 38.9 Å². The molecule has 7 heteroatoms. The maximum absolute atomic E-state index is 12.4. The normalized spacial score (nSPS) is 59.6. The summed E-state index contributed by atoms with van der Waals surface area (Å²) in [5.74, 6) is -1.09. The van der Waals surface area contributed by atoms with Crippen LogP contribution in [0.3, 0.4) is 0 Å². The van der Waals surface area contributed by atoms with Gasteiger partial charge in [-0.3, -0.25) is 4.79 Å². The Bertz CT molecular complexity index is 595. The zero-order chi connectivity index (χ0) is 16.1. The van der Waals surface area contributed by atoms with Crippen molar-refractivity contribution >= 4 is 27.9 Å². The van der Waals surface area contributed by atoms with Crippen LogP contribution in [0.1, 0.15) is 33.1 Å². The number of carbonyl (C=O) groups excluding carboxylic acids is 2. The molecule has 4 fully saturated rings. The Labute approximate surface area is 136 Å². The molecule has 2 saturated carbocycles. The summed E-state index contributed by atoms with van der Waals surface area (Å²) in [5, 5.41) is 21.7. The third-order valence-electron chi connectivity index (χ3n) is 7.04. The summed E-state index contributed by atoms with van der Waals surface area (Å²) in [4.78, 5) is 24.0. The van der Waals surface area contributed by atoms with Crippen molar-refractivity contribution in [2.75, 3.05) is 6.61 Å². The fourth-order valence-corrected chi connectivity index (χ4v) is 6.87. The number of hydrogen-bond donors (Lipinski definition) is 2. The van der Waals surface area contributed by atoms with E-state index in [4.69, 9.17) is 9.47 Å². The van der Waals surface area contributed by atoms with E-state index in [1.165, 1.54) is 0 Å². The lowest BCUT2D eigenvalue weighted by Gasteiger charge is -2.59. The molecular formula is C15H19BrO6. The van der Waals surface area contributed by atoms with Crippen molar-refractivity contribution in [1.82, 2.24) is 0 Å². The van der Waals surface area contributed by atoms with Gasteiger partial charge in [0.15, 0.2) is 0 Å². The molecule has 4 rings (SSSR count). The van der Waals surface area contributed by atoms with Crippen molar-refractivity contribution in [1.29, 1.82) is 0 Å². The van der Waals surface area contributed by atoms with Crippen LogP contribution in [0, 0.1) is 16.7 Å². The zero-order valence-corrected chi connectivity index (χ0v) is 14.1. The van der Waals surface area contributed by atoms with E-state index in [9.17, 15) is 19.8 Å². The third kappa shape index (κ3) is 1.12. The molecule has 2 aliphatic heterocycles. The Morgan fingerprint density at radius 1 is 1.36 bits per heavy atom. The number of cyclic esters (lactones) is 1. The van der Waals surface area contributed by atoms with Crippen LogP contribution < -0.4 is 0 Å². The predicted molar refractivity (Wildman–Crippen MR) is 77.0 cm³/mol. The van der Waals surface area contributed by atoms with Gasteiger partial charge in [0, 0.05) is 5.41 Å². The number of halogens is 1. The van der Waals surface area contributed by atoms with E-state index in [-0.39, 0.29) is 24.9 Å². The van der Waals surface area contributed by atoms with Crippen molar-refractivity contribution in [2.24, 2.45) is 16.7 Å². The molecule has 0 bridgehead atoms. The highest BCUT2D eigenvalue weighted by Gasteiger charge is 2.87. The number of alkyl halides is 1. The molecule has 0 spiro atoms. The second-order valence-electron chi connectivity index (χ2n) is 7.49. The van der Waals surface area contributed by atoms with E-state index in [0.29, 0.717) is 6.42 Å². The average molecular weight is 375 g/mol. The second-order valence-corrected chi connectivity index (χ2v) is 8.40. The molecule has 0 radical (unpaired) electrons. The molecule has 2 heterocycles. The summed E-state index contributed by atoms with van der Waals surface area (Å²) in [6.45, 7) is 3.68. The molecule has 122 valence electrons. The van der Waals surface area contributed by atoms with Gasteiger partial charge < -0.3 is 19.7 Å². The summed E-state index contributed by atoms with van der Waals surface area (Å²) < 4.78 is 11.0. The van der Waals surface area contributed by atoms with E-state index in [1.54, 1.807) is 6.92 Å². The standard InChI is InChI=1S/C15H19BrO6/c1-7-3-4-14-12(2)6-21-11(19)15(12,20)8(17)5-13(7,14)9(16)10(18)22-14/h7-9,17,20H,3-6H2,1-2H3/t7-,8-,9-,12+,13+,14-,15-/m1/s1. The molecule has 7 atom stereocenters. The topological polar surface area (TPSA) is 93.1 Å². The third-order valence-corrected chi connectivity index (χ3v) is 8.23. The van der Waals surface area contributed by atoms with Crippen molar-refractivity contribution in [2.45, 2.75) is 55.2 Å². The predicted octanol–water partition coefficient (Wildman–Crippen LogP) is 0.521. The van der Waals surface area contributed by atoms with Crippen LogP contribution in [0.4, 0.5) is 0 Å². The van der Waals surface area contributed by atoms with Gasteiger partial charge in [0.1, 0.15) is 17.0 Å². The van der Waals surface area contributed by atoms with Crippen molar-refractivity contribution in [3.8, 4) is 0 Å². The molecule has 0 amide bonds. The number of ether oxygens (including phenoxy) is 2.